The fraction of sp³-hybridized carbons (Fsp3) is 0.438. The molecule has 1 fully saturated rings. The van der Waals surface area contributed by atoms with Crippen molar-refractivity contribution >= 4 is 22.4 Å². The van der Waals surface area contributed by atoms with Crippen LogP contribution in [0.5, 0.6) is 0 Å². The van der Waals surface area contributed by atoms with Crippen LogP contribution in [0.1, 0.15) is 13.8 Å². The molecule has 1 unspecified atom stereocenters. The zero-order valence-electron chi connectivity index (χ0n) is 12.2. The zero-order chi connectivity index (χ0) is 14.1. The van der Waals surface area contributed by atoms with Crippen molar-refractivity contribution in [1.82, 2.24) is 9.88 Å². The molecule has 2 N–H and O–H groups in total. The van der Waals surface area contributed by atoms with Crippen LogP contribution in [-0.4, -0.2) is 42.1 Å². The predicted octanol–water partition coefficient (Wildman–Crippen LogP) is 2.35. The van der Waals surface area contributed by atoms with Crippen molar-refractivity contribution in [3.8, 4) is 0 Å². The highest BCUT2D eigenvalue weighted by Crippen LogP contribution is 2.22. The molecular weight excluding hydrogens is 248 g/mol. The first-order chi connectivity index (χ1) is 9.67. The van der Waals surface area contributed by atoms with Gasteiger partial charge in [0, 0.05) is 36.7 Å². The molecule has 4 heteroatoms. The molecule has 0 saturated carbocycles. The highest BCUT2D eigenvalue weighted by Gasteiger charge is 2.23. The summed E-state index contributed by atoms with van der Waals surface area (Å²) in [6, 6.07) is 10.7. The van der Waals surface area contributed by atoms with E-state index in [4.69, 9.17) is 10.7 Å². The van der Waals surface area contributed by atoms with Gasteiger partial charge in [0.2, 0.25) is 0 Å². The van der Waals surface area contributed by atoms with Crippen molar-refractivity contribution in [2.75, 3.05) is 36.8 Å². The van der Waals surface area contributed by atoms with Gasteiger partial charge in [0.1, 0.15) is 5.82 Å². The van der Waals surface area contributed by atoms with E-state index < -0.39 is 0 Å². The number of likely N-dealkylation sites (N-methyl/N-ethyl adjacent to an activating group) is 1. The molecule has 1 saturated heterocycles. The van der Waals surface area contributed by atoms with Gasteiger partial charge >= 0.3 is 0 Å². The number of hydrogen-bond donors (Lipinski definition) is 1. The van der Waals surface area contributed by atoms with E-state index in [0.717, 1.165) is 48.6 Å². The van der Waals surface area contributed by atoms with Crippen LogP contribution in [-0.2, 0) is 0 Å². The summed E-state index contributed by atoms with van der Waals surface area (Å²) in [4.78, 5) is 9.67. The Hall–Kier alpha value is -1.81. The molecule has 1 aromatic carbocycles. The molecule has 3 rings (SSSR count). The summed E-state index contributed by atoms with van der Waals surface area (Å²) in [6.45, 7) is 8.84. The summed E-state index contributed by atoms with van der Waals surface area (Å²) < 4.78 is 0. The maximum atomic E-state index is 5.81. The first kappa shape index (κ1) is 13.2. The lowest BCUT2D eigenvalue weighted by Gasteiger charge is -2.40. The lowest BCUT2D eigenvalue weighted by Crippen LogP contribution is -2.51. The Labute approximate surface area is 120 Å². The molecule has 106 valence electrons. The number of pyridine rings is 1. The summed E-state index contributed by atoms with van der Waals surface area (Å²) in [7, 11) is 0. The van der Waals surface area contributed by atoms with Gasteiger partial charge in [-0.25, -0.2) is 4.98 Å². The molecule has 0 aliphatic carbocycles. The quantitative estimate of drug-likeness (QED) is 0.851. The topological polar surface area (TPSA) is 45.4 Å². The van der Waals surface area contributed by atoms with Crippen LogP contribution < -0.4 is 10.6 Å². The summed E-state index contributed by atoms with van der Waals surface area (Å²) in [5.41, 5.74) is 7.61. The zero-order valence-corrected chi connectivity index (χ0v) is 12.2. The highest BCUT2D eigenvalue weighted by molar-refractivity contribution is 5.83. The van der Waals surface area contributed by atoms with Crippen LogP contribution in [0.3, 0.4) is 0 Å². The molecule has 0 amide bonds. The van der Waals surface area contributed by atoms with Gasteiger partial charge < -0.3 is 10.6 Å². The second kappa shape index (κ2) is 5.29. The number of hydrogen-bond acceptors (Lipinski definition) is 4. The summed E-state index contributed by atoms with van der Waals surface area (Å²) in [6.07, 6.45) is 0. The van der Waals surface area contributed by atoms with Crippen molar-refractivity contribution in [2.24, 2.45) is 0 Å². The Bertz CT molecular complexity index is 610. The average Bonchev–Trinajstić information content (AvgIpc) is 2.46. The third-order valence-electron chi connectivity index (χ3n) is 4.19. The number of anilines is 2. The molecule has 0 radical (unpaired) electrons. The third-order valence-corrected chi connectivity index (χ3v) is 4.19. The lowest BCUT2D eigenvalue weighted by molar-refractivity contribution is 0.199. The third kappa shape index (κ3) is 2.43. The maximum absolute atomic E-state index is 5.81. The molecule has 1 aliphatic heterocycles. The van der Waals surface area contributed by atoms with Crippen molar-refractivity contribution < 1.29 is 0 Å². The normalized spacial score (nSPS) is 20.5. The van der Waals surface area contributed by atoms with Crippen LogP contribution in [0.2, 0.25) is 0 Å². The second-order valence-corrected chi connectivity index (χ2v) is 5.55. The number of nitrogen functional groups attached to an aromatic ring is 1. The fourth-order valence-electron chi connectivity index (χ4n) is 2.98. The molecule has 0 spiro atoms. The maximum Gasteiger partial charge on any atom is 0.129 e. The largest absolute Gasteiger partial charge is 0.399 e. The standard InChI is InChI=1S/C16H22N4/c1-3-19-8-9-20(11-12(19)2)16-7-4-13-10-14(17)5-6-15(13)18-16/h4-7,10,12H,3,8-9,11,17H2,1-2H3. The molecule has 1 aliphatic rings. The minimum absolute atomic E-state index is 0.581. The van der Waals surface area contributed by atoms with Crippen LogP contribution in [0.15, 0.2) is 30.3 Å². The van der Waals surface area contributed by atoms with Gasteiger partial charge in [0.25, 0.3) is 0 Å². The summed E-state index contributed by atoms with van der Waals surface area (Å²) >= 11 is 0. The average molecular weight is 270 g/mol. The number of aromatic nitrogens is 1. The number of piperazine rings is 1. The van der Waals surface area contributed by atoms with Crippen molar-refractivity contribution in [3.05, 3.63) is 30.3 Å². The Morgan fingerprint density at radius 2 is 2.10 bits per heavy atom. The Morgan fingerprint density at radius 1 is 1.25 bits per heavy atom. The van der Waals surface area contributed by atoms with Crippen LogP contribution in [0.25, 0.3) is 10.9 Å². The van der Waals surface area contributed by atoms with Gasteiger partial charge in [-0.2, -0.15) is 0 Å². The van der Waals surface area contributed by atoms with Crippen LogP contribution >= 0.6 is 0 Å². The monoisotopic (exact) mass is 270 g/mol. The molecule has 4 nitrogen and oxygen atoms in total. The number of nitrogens with two attached hydrogens (primary N) is 1. The second-order valence-electron chi connectivity index (χ2n) is 5.55. The molecule has 2 aromatic rings. The van der Waals surface area contributed by atoms with E-state index in [-0.39, 0.29) is 0 Å². The first-order valence-corrected chi connectivity index (χ1v) is 7.32. The summed E-state index contributed by atoms with van der Waals surface area (Å²) in [5.74, 6) is 1.07. The van der Waals surface area contributed by atoms with Gasteiger partial charge in [-0.1, -0.05) is 6.92 Å². The fourth-order valence-corrected chi connectivity index (χ4v) is 2.98. The van der Waals surface area contributed by atoms with E-state index in [1.54, 1.807) is 0 Å². The molecular formula is C16H22N4. The van der Waals surface area contributed by atoms with Gasteiger partial charge in [-0.15, -0.1) is 0 Å². The van der Waals surface area contributed by atoms with Crippen molar-refractivity contribution in [3.63, 3.8) is 0 Å². The van der Waals surface area contributed by atoms with E-state index in [0.29, 0.717) is 6.04 Å². The number of nitrogens with zero attached hydrogens (tertiary/aromatic N) is 3. The molecule has 1 aromatic heterocycles. The van der Waals surface area contributed by atoms with Gasteiger partial charge in [-0.3, -0.25) is 4.90 Å². The molecule has 1 atom stereocenters. The number of fused-ring (bicyclic) bond motifs is 1. The SMILES string of the molecule is CCN1CCN(c2ccc3cc(N)ccc3n2)CC1C. The van der Waals surface area contributed by atoms with E-state index in [2.05, 4.69) is 35.8 Å². The van der Waals surface area contributed by atoms with Gasteiger partial charge in [-0.05, 0) is 43.8 Å². The van der Waals surface area contributed by atoms with Crippen molar-refractivity contribution in [1.29, 1.82) is 0 Å². The minimum Gasteiger partial charge on any atom is -0.399 e. The Balaban J connectivity index is 1.86. The Morgan fingerprint density at radius 3 is 2.85 bits per heavy atom. The van der Waals surface area contributed by atoms with E-state index in [9.17, 15) is 0 Å². The molecule has 2 heterocycles. The van der Waals surface area contributed by atoms with Crippen molar-refractivity contribution in [2.45, 2.75) is 19.9 Å². The van der Waals surface area contributed by atoms with Crippen LogP contribution in [0.4, 0.5) is 11.5 Å². The van der Waals surface area contributed by atoms with Gasteiger partial charge in [0.15, 0.2) is 0 Å². The minimum atomic E-state index is 0.581. The smallest absolute Gasteiger partial charge is 0.129 e. The van der Waals surface area contributed by atoms with E-state index >= 15 is 0 Å². The number of benzene rings is 1. The van der Waals surface area contributed by atoms with Gasteiger partial charge in [0.05, 0.1) is 5.52 Å². The highest BCUT2D eigenvalue weighted by atomic mass is 15.3. The van der Waals surface area contributed by atoms with E-state index in [1.165, 1.54) is 0 Å². The number of rotatable bonds is 2. The Kier molecular flexibility index (Phi) is 3.49. The first-order valence-electron chi connectivity index (χ1n) is 7.32. The molecule has 20 heavy (non-hydrogen) atoms. The summed E-state index contributed by atoms with van der Waals surface area (Å²) in [5, 5.41) is 1.11. The molecule has 0 bridgehead atoms. The van der Waals surface area contributed by atoms with Crippen LogP contribution in [0, 0.1) is 0 Å². The predicted molar refractivity (Wildman–Crippen MR) is 85.1 cm³/mol. The van der Waals surface area contributed by atoms with E-state index in [1.807, 2.05) is 18.2 Å². The lowest BCUT2D eigenvalue weighted by atomic mass is 10.1.